The van der Waals surface area contributed by atoms with Gasteiger partial charge in [-0.2, -0.15) is 13.2 Å². The smallest absolute Gasteiger partial charge is 0.398 e. The van der Waals surface area contributed by atoms with Gasteiger partial charge in [-0.15, -0.1) is 0 Å². The Balaban J connectivity index is 3.03. The SMILES string of the molecule is Nc1ccccc1CS(=O)(=O)C(F)(F)F. The number of rotatable bonds is 2. The molecular formula is C8H8F3NO2S. The number of hydrogen-bond donors (Lipinski definition) is 1. The lowest BCUT2D eigenvalue weighted by atomic mass is 10.2. The van der Waals surface area contributed by atoms with Gasteiger partial charge in [0.05, 0.1) is 5.75 Å². The summed E-state index contributed by atoms with van der Waals surface area (Å²) >= 11 is 0. The van der Waals surface area contributed by atoms with Crippen LogP contribution in [-0.4, -0.2) is 13.9 Å². The topological polar surface area (TPSA) is 60.2 Å². The van der Waals surface area contributed by atoms with Gasteiger partial charge in [0.25, 0.3) is 9.84 Å². The molecule has 1 rings (SSSR count). The van der Waals surface area contributed by atoms with Crippen LogP contribution in [-0.2, 0) is 15.6 Å². The number of anilines is 1. The van der Waals surface area contributed by atoms with Crippen LogP contribution in [0.5, 0.6) is 0 Å². The zero-order valence-corrected chi connectivity index (χ0v) is 8.27. The van der Waals surface area contributed by atoms with E-state index in [0.717, 1.165) is 0 Å². The van der Waals surface area contributed by atoms with Crippen molar-refractivity contribution in [2.75, 3.05) is 5.73 Å². The van der Waals surface area contributed by atoms with Crippen LogP contribution in [0.15, 0.2) is 24.3 Å². The molecule has 84 valence electrons. The summed E-state index contributed by atoms with van der Waals surface area (Å²) in [4.78, 5) is 0. The Morgan fingerprint density at radius 1 is 1.20 bits per heavy atom. The Kier molecular flexibility index (Phi) is 2.94. The minimum atomic E-state index is -5.24. The Hall–Kier alpha value is -1.24. The molecule has 2 N–H and O–H groups in total. The summed E-state index contributed by atoms with van der Waals surface area (Å²) in [6.07, 6.45) is 0. The van der Waals surface area contributed by atoms with E-state index in [9.17, 15) is 21.6 Å². The first kappa shape index (κ1) is 11.8. The van der Waals surface area contributed by atoms with Crippen molar-refractivity contribution in [3.8, 4) is 0 Å². The molecule has 0 aliphatic rings. The van der Waals surface area contributed by atoms with Gasteiger partial charge in [-0.05, 0) is 11.6 Å². The maximum atomic E-state index is 12.0. The fourth-order valence-electron chi connectivity index (χ4n) is 0.952. The third-order valence-electron chi connectivity index (χ3n) is 1.75. The molecule has 1 aromatic rings. The minimum Gasteiger partial charge on any atom is -0.398 e. The van der Waals surface area contributed by atoms with E-state index < -0.39 is 21.1 Å². The van der Waals surface area contributed by atoms with Gasteiger partial charge in [0.1, 0.15) is 0 Å². The Labute approximate surface area is 84.6 Å². The van der Waals surface area contributed by atoms with Crippen molar-refractivity contribution in [3.63, 3.8) is 0 Å². The second kappa shape index (κ2) is 3.73. The molecule has 0 atom stereocenters. The third kappa shape index (κ3) is 2.62. The van der Waals surface area contributed by atoms with Crippen LogP contribution in [0.4, 0.5) is 18.9 Å². The van der Waals surface area contributed by atoms with Crippen LogP contribution in [0.1, 0.15) is 5.56 Å². The van der Waals surface area contributed by atoms with Crippen molar-refractivity contribution in [2.24, 2.45) is 0 Å². The number of para-hydroxylation sites is 1. The van der Waals surface area contributed by atoms with Gasteiger partial charge in [0, 0.05) is 5.69 Å². The molecule has 15 heavy (non-hydrogen) atoms. The Morgan fingerprint density at radius 3 is 2.20 bits per heavy atom. The zero-order valence-electron chi connectivity index (χ0n) is 7.45. The van der Waals surface area contributed by atoms with Gasteiger partial charge in [-0.1, -0.05) is 18.2 Å². The molecular weight excluding hydrogens is 231 g/mol. The third-order valence-corrected chi connectivity index (χ3v) is 3.15. The number of nitrogens with two attached hydrogens (primary N) is 1. The fraction of sp³-hybridized carbons (Fsp3) is 0.250. The van der Waals surface area contributed by atoms with Crippen molar-refractivity contribution >= 4 is 15.5 Å². The fourth-order valence-corrected chi connectivity index (χ4v) is 1.79. The van der Waals surface area contributed by atoms with Crippen LogP contribution >= 0.6 is 0 Å². The molecule has 0 saturated carbocycles. The highest BCUT2D eigenvalue weighted by molar-refractivity contribution is 7.91. The number of halogens is 3. The normalized spacial score (nSPS) is 12.7. The monoisotopic (exact) mass is 239 g/mol. The number of sulfone groups is 1. The standard InChI is InChI=1S/C8H8F3NO2S/c9-8(10,11)15(13,14)5-6-3-1-2-4-7(6)12/h1-4H,5,12H2. The highest BCUT2D eigenvalue weighted by Gasteiger charge is 2.45. The van der Waals surface area contributed by atoms with E-state index in [1.54, 1.807) is 0 Å². The lowest BCUT2D eigenvalue weighted by molar-refractivity contribution is -0.0437. The number of benzene rings is 1. The van der Waals surface area contributed by atoms with Gasteiger partial charge >= 0.3 is 5.51 Å². The molecule has 0 saturated heterocycles. The van der Waals surface area contributed by atoms with Gasteiger partial charge in [-0.3, -0.25) is 0 Å². The first-order valence-corrected chi connectivity index (χ1v) is 5.51. The second-order valence-corrected chi connectivity index (χ2v) is 4.88. The highest BCUT2D eigenvalue weighted by Crippen LogP contribution is 2.28. The van der Waals surface area contributed by atoms with Crippen LogP contribution in [0.2, 0.25) is 0 Å². The van der Waals surface area contributed by atoms with Gasteiger partial charge in [0.15, 0.2) is 0 Å². The van der Waals surface area contributed by atoms with Gasteiger partial charge in [0.2, 0.25) is 0 Å². The molecule has 0 spiro atoms. The van der Waals surface area contributed by atoms with E-state index in [1.165, 1.54) is 24.3 Å². The van der Waals surface area contributed by atoms with Crippen molar-refractivity contribution in [3.05, 3.63) is 29.8 Å². The highest BCUT2D eigenvalue weighted by atomic mass is 32.2. The summed E-state index contributed by atoms with van der Waals surface area (Å²) < 4.78 is 57.7. The van der Waals surface area contributed by atoms with E-state index >= 15 is 0 Å². The zero-order chi connectivity index (χ0) is 11.7. The molecule has 0 amide bonds. The van der Waals surface area contributed by atoms with Crippen molar-refractivity contribution < 1.29 is 21.6 Å². The summed E-state index contributed by atoms with van der Waals surface area (Å²) in [5, 5.41) is 0. The first-order valence-electron chi connectivity index (χ1n) is 3.86. The number of hydrogen-bond acceptors (Lipinski definition) is 3. The molecule has 7 heteroatoms. The number of nitrogen functional groups attached to an aromatic ring is 1. The summed E-state index contributed by atoms with van der Waals surface area (Å²) in [5.74, 6) is -1.12. The Morgan fingerprint density at radius 2 is 1.73 bits per heavy atom. The minimum absolute atomic E-state index is 0.0327. The van der Waals surface area contributed by atoms with Gasteiger partial charge < -0.3 is 5.73 Å². The molecule has 1 aromatic carbocycles. The van der Waals surface area contributed by atoms with Gasteiger partial charge in [-0.25, -0.2) is 8.42 Å². The summed E-state index contributed by atoms with van der Waals surface area (Å²) in [7, 11) is -5.15. The van der Waals surface area contributed by atoms with Crippen molar-refractivity contribution in [1.29, 1.82) is 0 Å². The van der Waals surface area contributed by atoms with E-state index in [-0.39, 0.29) is 11.3 Å². The molecule has 0 bridgehead atoms. The molecule has 0 fully saturated rings. The molecule has 0 aliphatic carbocycles. The lowest BCUT2D eigenvalue weighted by Gasteiger charge is -2.09. The predicted octanol–water partition coefficient (Wildman–Crippen LogP) is 1.70. The Bertz CT molecular complexity index is 453. The summed E-state index contributed by atoms with van der Waals surface area (Å²) in [6, 6.07) is 5.54. The quantitative estimate of drug-likeness (QED) is 0.799. The van der Waals surface area contributed by atoms with Crippen LogP contribution < -0.4 is 5.73 Å². The summed E-state index contributed by atoms with van der Waals surface area (Å²) in [6.45, 7) is 0. The maximum absolute atomic E-state index is 12.0. The molecule has 0 aliphatic heterocycles. The van der Waals surface area contributed by atoms with Crippen LogP contribution in [0.25, 0.3) is 0 Å². The van der Waals surface area contributed by atoms with E-state index in [1.807, 2.05) is 0 Å². The largest absolute Gasteiger partial charge is 0.497 e. The average molecular weight is 239 g/mol. The average Bonchev–Trinajstić information content (AvgIpc) is 2.06. The molecule has 3 nitrogen and oxygen atoms in total. The lowest BCUT2D eigenvalue weighted by Crippen LogP contribution is -2.25. The number of alkyl halides is 3. The molecule has 0 unspecified atom stereocenters. The van der Waals surface area contributed by atoms with E-state index in [2.05, 4.69) is 0 Å². The van der Waals surface area contributed by atoms with Crippen LogP contribution in [0, 0.1) is 0 Å². The molecule has 0 aromatic heterocycles. The maximum Gasteiger partial charge on any atom is 0.497 e. The van der Waals surface area contributed by atoms with Crippen molar-refractivity contribution in [1.82, 2.24) is 0 Å². The summed E-state index contributed by atoms with van der Waals surface area (Å²) in [5.41, 5.74) is 0.0847. The van der Waals surface area contributed by atoms with Crippen LogP contribution in [0.3, 0.4) is 0 Å². The molecule has 0 heterocycles. The predicted molar refractivity (Wildman–Crippen MR) is 49.5 cm³/mol. The second-order valence-electron chi connectivity index (χ2n) is 2.90. The van der Waals surface area contributed by atoms with E-state index in [0.29, 0.717) is 0 Å². The molecule has 0 radical (unpaired) electrons. The van der Waals surface area contributed by atoms with Crippen molar-refractivity contribution in [2.45, 2.75) is 11.3 Å². The van der Waals surface area contributed by atoms with E-state index in [4.69, 9.17) is 5.73 Å². The first-order chi connectivity index (χ1) is 6.74.